The van der Waals surface area contributed by atoms with E-state index in [0.29, 0.717) is 11.1 Å². The summed E-state index contributed by atoms with van der Waals surface area (Å²) in [6, 6.07) is 33.3. The Morgan fingerprint density at radius 2 is 1.35 bits per heavy atom. The first-order valence-electron chi connectivity index (χ1n) is 14.5. The molecular formula is C36H36N4O3. The van der Waals surface area contributed by atoms with Gasteiger partial charge in [0.25, 0.3) is 5.91 Å². The van der Waals surface area contributed by atoms with Gasteiger partial charge in [-0.15, -0.1) is 0 Å². The molecule has 1 unspecified atom stereocenters. The molecule has 1 heterocycles. The molecule has 0 saturated carbocycles. The molecule has 7 nitrogen and oxygen atoms in total. The summed E-state index contributed by atoms with van der Waals surface area (Å²) in [5.41, 5.74) is 16.8. The van der Waals surface area contributed by atoms with E-state index in [1.54, 1.807) is 24.3 Å². The molecule has 1 fully saturated rings. The van der Waals surface area contributed by atoms with Gasteiger partial charge in [0, 0.05) is 44.0 Å². The van der Waals surface area contributed by atoms with Gasteiger partial charge in [-0.25, -0.2) is 0 Å². The highest BCUT2D eigenvalue weighted by Gasteiger charge is 2.28. The Hall–Kier alpha value is -5.01. The molecule has 5 rings (SSSR count). The number of carbonyl (C=O) groups excluding carboxylic acids is 3. The number of carbonyl (C=O) groups is 3. The standard InChI is InChI=1S/C36H36N4O3/c37-35(42)32-13-7-12-30(33(34(41)36(38)43)24-27-8-3-1-4-9-27)31(32)19-18-26-14-16-28(17-15-26)25-39-20-22-40(23-21-39)29-10-5-2-6-11-29/h1-19,33H,20-25H2,(H2,37,42)(H2,38,43). The molecule has 4 aromatic carbocycles. The average Bonchev–Trinajstić information content (AvgIpc) is 3.04. The van der Waals surface area contributed by atoms with Gasteiger partial charge >= 0.3 is 0 Å². The van der Waals surface area contributed by atoms with E-state index in [9.17, 15) is 14.4 Å². The van der Waals surface area contributed by atoms with Crippen LogP contribution in [0.4, 0.5) is 5.69 Å². The Morgan fingerprint density at radius 1 is 0.698 bits per heavy atom. The van der Waals surface area contributed by atoms with Crippen molar-refractivity contribution >= 4 is 35.4 Å². The molecule has 0 aliphatic carbocycles. The van der Waals surface area contributed by atoms with Crippen LogP contribution in [-0.2, 0) is 22.6 Å². The smallest absolute Gasteiger partial charge is 0.285 e. The van der Waals surface area contributed by atoms with Crippen molar-refractivity contribution in [1.29, 1.82) is 0 Å². The number of primary amides is 2. The molecular weight excluding hydrogens is 536 g/mol. The second-order valence-electron chi connectivity index (χ2n) is 10.8. The van der Waals surface area contributed by atoms with Crippen molar-refractivity contribution in [2.45, 2.75) is 18.9 Å². The van der Waals surface area contributed by atoms with E-state index in [1.165, 1.54) is 11.3 Å². The van der Waals surface area contributed by atoms with E-state index in [2.05, 4.69) is 46.2 Å². The molecule has 7 heteroatoms. The largest absolute Gasteiger partial charge is 0.369 e. The molecule has 0 aromatic heterocycles. The Bertz CT molecular complexity index is 1590. The van der Waals surface area contributed by atoms with E-state index in [4.69, 9.17) is 11.5 Å². The van der Waals surface area contributed by atoms with Crippen molar-refractivity contribution in [3.8, 4) is 0 Å². The van der Waals surface area contributed by atoms with Gasteiger partial charge in [0.05, 0.1) is 5.92 Å². The van der Waals surface area contributed by atoms with Crippen LogP contribution in [0.15, 0.2) is 103 Å². The Kier molecular flexibility index (Phi) is 9.44. The lowest BCUT2D eigenvalue weighted by Crippen LogP contribution is -2.45. The van der Waals surface area contributed by atoms with Crippen LogP contribution in [0.2, 0.25) is 0 Å². The summed E-state index contributed by atoms with van der Waals surface area (Å²) in [5, 5.41) is 0. The minimum Gasteiger partial charge on any atom is -0.369 e. The number of nitrogens with zero attached hydrogens (tertiary/aromatic N) is 2. The van der Waals surface area contributed by atoms with Gasteiger partial charge in [0.15, 0.2) is 0 Å². The fourth-order valence-electron chi connectivity index (χ4n) is 5.63. The third-order valence-electron chi connectivity index (χ3n) is 7.94. The van der Waals surface area contributed by atoms with Crippen LogP contribution < -0.4 is 16.4 Å². The summed E-state index contributed by atoms with van der Waals surface area (Å²) in [4.78, 5) is 42.3. The summed E-state index contributed by atoms with van der Waals surface area (Å²) >= 11 is 0. The third-order valence-corrected chi connectivity index (χ3v) is 7.94. The number of Topliss-reactive ketones (excluding diaryl/α,β-unsaturated/α-hetero) is 1. The van der Waals surface area contributed by atoms with Crippen molar-refractivity contribution in [2.24, 2.45) is 11.5 Å². The molecule has 2 amide bonds. The predicted molar refractivity (Wildman–Crippen MR) is 171 cm³/mol. The van der Waals surface area contributed by atoms with Gasteiger partial charge in [-0.2, -0.15) is 0 Å². The summed E-state index contributed by atoms with van der Waals surface area (Å²) in [7, 11) is 0. The number of rotatable bonds is 11. The van der Waals surface area contributed by atoms with Crippen molar-refractivity contribution < 1.29 is 14.4 Å². The lowest BCUT2D eigenvalue weighted by Gasteiger charge is -2.36. The fraction of sp³-hybridized carbons (Fsp3) is 0.194. The number of ketones is 1. The zero-order chi connectivity index (χ0) is 30.2. The summed E-state index contributed by atoms with van der Waals surface area (Å²) in [6.07, 6.45) is 3.95. The van der Waals surface area contributed by atoms with Crippen molar-refractivity contribution in [3.05, 3.63) is 137 Å². The van der Waals surface area contributed by atoms with Gasteiger partial charge in [0.2, 0.25) is 11.7 Å². The molecule has 1 aliphatic heterocycles. The van der Waals surface area contributed by atoms with Crippen LogP contribution in [0.5, 0.6) is 0 Å². The highest BCUT2D eigenvalue weighted by atomic mass is 16.2. The minimum absolute atomic E-state index is 0.264. The average molecular weight is 573 g/mol. The number of amides is 2. The van der Waals surface area contributed by atoms with Crippen LogP contribution in [0.1, 0.15) is 44.1 Å². The Labute approximate surface area is 252 Å². The normalized spacial score (nSPS) is 14.5. The zero-order valence-electron chi connectivity index (χ0n) is 24.1. The molecule has 43 heavy (non-hydrogen) atoms. The van der Waals surface area contributed by atoms with E-state index in [1.807, 2.05) is 54.6 Å². The molecule has 218 valence electrons. The molecule has 1 aliphatic rings. The molecule has 0 spiro atoms. The topological polar surface area (TPSA) is 110 Å². The van der Waals surface area contributed by atoms with Gasteiger partial charge in [-0.1, -0.05) is 97.1 Å². The number of hydrogen-bond acceptors (Lipinski definition) is 5. The number of hydrogen-bond donors (Lipinski definition) is 2. The van der Waals surface area contributed by atoms with E-state index in [0.717, 1.165) is 43.9 Å². The zero-order valence-corrected chi connectivity index (χ0v) is 24.1. The molecule has 0 bridgehead atoms. The number of para-hydroxylation sites is 1. The lowest BCUT2D eigenvalue weighted by molar-refractivity contribution is -0.136. The van der Waals surface area contributed by atoms with Crippen LogP contribution in [-0.4, -0.2) is 48.7 Å². The molecule has 4 N–H and O–H groups in total. The first-order chi connectivity index (χ1) is 20.9. The second kappa shape index (κ2) is 13.8. The maximum Gasteiger partial charge on any atom is 0.285 e. The first-order valence-corrected chi connectivity index (χ1v) is 14.5. The van der Waals surface area contributed by atoms with Crippen molar-refractivity contribution in [3.63, 3.8) is 0 Å². The Balaban J connectivity index is 1.33. The van der Waals surface area contributed by atoms with Gasteiger partial charge in [0.1, 0.15) is 0 Å². The first kappa shape index (κ1) is 29.5. The SMILES string of the molecule is NC(=O)C(=O)C(Cc1ccccc1)c1cccc(C(N)=O)c1C=Cc1ccc(CN2CCN(c3ccccc3)CC2)cc1. The van der Waals surface area contributed by atoms with Gasteiger partial charge < -0.3 is 16.4 Å². The highest BCUT2D eigenvalue weighted by molar-refractivity contribution is 6.37. The van der Waals surface area contributed by atoms with Gasteiger partial charge in [-0.05, 0) is 52.4 Å². The van der Waals surface area contributed by atoms with E-state index in [-0.39, 0.29) is 12.0 Å². The molecule has 1 atom stereocenters. The number of nitrogens with two attached hydrogens (primary N) is 2. The van der Waals surface area contributed by atoms with E-state index < -0.39 is 23.5 Å². The Morgan fingerprint density at radius 3 is 1.98 bits per heavy atom. The summed E-state index contributed by atoms with van der Waals surface area (Å²) in [6.45, 7) is 4.86. The number of anilines is 1. The third kappa shape index (κ3) is 7.45. The fourth-order valence-corrected chi connectivity index (χ4v) is 5.63. The van der Waals surface area contributed by atoms with Gasteiger partial charge in [-0.3, -0.25) is 19.3 Å². The maximum absolute atomic E-state index is 13.0. The van der Waals surface area contributed by atoms with Crippen molar-refractivity contribution in [2.75, 3.05) is 31.1 Å². The monoisotopic (exact) mass is 572 g/mol. The minimum atomic E-state index is -1.02. The molecule has 0 radical (unpaired) electrons. The summed E-state index contributed by atoms with van der Waals surface area (Å²) < 4.78 is 0. The highest BCUT2D eigenvalue weighted by Crippen LogP contribution is 2.29. The maximum atomic E-state index is 13.0. The predicted octanol–water partition coefficient (Wildman–Crippen LogP) is 4.66. The van der Waals surface area contributed by atoms with Crippen molar-refractivity contribution in [1.82, 2.24) is 4.90 Å². The summed E-state index contributed by atoms with van der Waals surface area (Å²) in [5.74, 6) is -3.20. The van der Waals surface area contributed by atoms with E-state index >= 15 is 0 Å². The van der Waals surface area contributed by atoms with Crippen LogP contribution >= 0.6 is 0 Å². The molecule has 1 saturated heterocycles. The van der Waals surface area contributed by atoms with Crippen LogP contribution in [0, 0.1) is 0 Å². The van der Waals surface area contributed by atoms with Crippen LogP contribution in [0.25, 0.3) is 12.2 Å². The second-order valence-corrected chi connectivity index (χ2v) is 10.8. The molecule has 4 aromatic rings. The lowest BCUT2D eigenvalue weighted by atomic mass is 9.83. The quantitative estimate of drug-likeness (QED) is 0.201. The number of piperazine rings is 1. The number of benzene rings is 4. The van der Waals surface area contributed by atoms with Crippen LogP contribution in [0.3, 0.4) is 0 Å².